The molecule has 0 atom stereocenters. The minimum Gasteiger partial charge on any atom is -0.454 e. The van der Waals surface area contributed by atoms with E-state index in [4.69, 9.17) is 22.1 Å². The van der Waals surface area contributed by atoms with E-state index in [-0.39, 0.29) is 5.75 Å². The SMILES string of the molecule is Cc1cc(N)c(Cl)cc1Oc1ccc(F)cc1F. The molecule has 18 heavy (non-hydrogen) atoms. The first-order valence-corrected chi connectivity index (χ1v) is 5.53. The second-order valence-electron chi connectivity index (χ2n) is 3.82. The summed E-state index contributed by atoms with van der Waals surface area (Å²) in [5.41, 5.74) is 6.75. The van der Waals surface area contributed by atoms with E-state index in [0.29, 0.717) is 22.0 Å². The zero-order valence-electron chi connectivity index (χ0n) is 9.51. The van der Waals surface area contributed by atoms with E-state index in [9.17, 15) is 8.78 Å². The monoisotopic (exact) mass is 269 g/mol. The molecule has 0 fully saturated rings. The summed E-state index contributed by atoms with van der Waals surface area (Å²) >= 11 is 5.86. The molecule has 0 aliphatic heterocycles. The van der Waals surface area contributed by atoms with Crippen LogP contribution in [-0.2, 0) is 0 Å². The maximum atomic E-state index is 13.4. The fourth-order valence-electron chi connectivity index (χ4n) is 1.47. The molecule has 0 heterocycles. The Hall–Kier alpha value is -1.81. The van der Waals surface area contributed by atoms with Crippen LogP contribution < -0.4 is 10.5 Å². The molecule has 0 amide bonds. The number of anilines is 1. The summed E-state index contributed by atoms with van der Waals surface area (Å²) in [4.78, 5) is 0. The van der Waals surface area contributed by atoms with Gasteiger partial charge < -0.3 is 10.5 Å². The molecule has 0 saturated heterocycles. The first kappa shape index (κ1) is 12.6. The van der Waals surface area contributed by atoms with Crippen molar-refractivity contribution in [2.45, 2.75) is 6.92 Å². The van der Waals surface area contributed by atoms with Gasteiger partial charge in [-0.15, -0.1) is 0 Å². The van der Waals surface area contributed by atoms with Gasteiger partial charge in [0.25, 0.3) is 0 Å². The highest BCUT2D eigenvalue weighted by atomic mass is 35.5. The fourth-order valence-corrected chi connectivity index (χ4v) is 1.63. The predicted molar refractivity (Wildman–Crippen MR) is 67.0 cm³/mol. The second-order valence-corrected chi connectivity index (χ2v) is 4.22. The third-order valence-electron chi connectivity index (χ3n) is 2.41. The van der Waals surface area contributed by atoms with Crippen molar-refractivity contribution in [2.24, 2.45) is 0 Å². The maximum Gasteiger partial charge on any atom is 0.168 e. The topological polar surface area (TPSA) is 35.2 Å². The lowest BCUT2D eigenvalue weighted by Crippen LogP contribution is -1.94. The van der Waals surface area contributed by atoms with Crippen molar-refractivity contribution in [3.8, 4) is 11.5 Å². The summed E-state index contributed by atoms with van der Waals surface area (Å²) in [5, 5.41) is 0.318. The Morgan fingerprint density at radius 1 is 1.11 bits per heavy atom. The Balaban J connectivity index is 2.37. The van der Waals surface area contributed by atoms with E-state index in [1.807, 2.05) is 0 Å². The molecule has 0 spiro atoms. The lowest BCUT2D eigenvalue weighted by molar-refractivity contribution is 0.435. The van der Waals surface area contributed by atoms with Crippen LogP contribution >= 0.6 is 11.6 Å². The third kappa shape index (κ3) is 2.54. The predicted octanol–water partition coefficient (Wildman–Crippen LogP) is 4.30. The van der Waals surface area contributed by atoms with Gasteiger partial charge in [0.05, 0.1) is 10.7 Å². The van der Waals surface area contributed by atoms with Gasteiger partial charge in [-0.3, -0.25) is 0 Å². The standard InChI is InChI=1S/C13H10ClF2NO/c1-7-4-11(17)9(14)6-13(7)18-12-3-2-8(15)5-10(12)16/h2-6H,17H2,1H3. The number of hydrogen-bond acceptors (Lipinski definition) is 2. The number of halogens is 3. The van der Waals surface area contributed by atoms with Gasteiger partial charge in [-0.25, -0.2) is 8.78 Å². The zero-order chi connectivity index (χ0) is 13.3. The molecular weight excluding hydrogens is 260 g/mol. The van der Waals surface area contributed by atoms with Crippen molar-refractivity contribution in [2.75, 3.05) is 5.73 Å². The van der Waals surface area contributed by atoms with Crippen LogP contribution in [0.1, 0.15) is 5.56 Å². The van der Waals surface area contributed by atoms with Crippen LogP contribution in [0, 0.1) is 18.6 Å². The molecule has 2 N–H and O–H groups in total. The van der Waals surface area contributed by atoms with Crippen LogP contribution in [0.2, 0.25) is 5.02 Å². The maximum absolute atomic E-state index is 13.4. The molecular formula is C13H10ClF2NO. The molecule has 0 saturated carbocycles. The number of nitrogens with two attached hydrogens (primary N) is 1. The van der Waals surface area contributed by atoms with Gasteiger partial charge in [0, 0.05) is 12.1 Å². The largest absolute Gasteiger partial charge is 0.454 e. The van der Waals surface area contributed by atoms with E-state index in [2.05, 4.69) is 0 Å². The molecule has 94 valence electrons. The lowest BCUT2D eigenvalue weighted by Gasteiger charge is -2.11. The number of benzene rings is 2. The second kappa shape index (κ2) is 4.82. The number of nitrogen functional groups attached to an aromatic ring is 1. The van der Waals surface area contributed by atoms with Gasteiger partial charge in [-0.1, -0.05) is 11.6 Å². The summed E-state index contributed by atoms with van der Waals surface area (Å²) in [6.07, 6.45) is 0. The Labute approximate surface area is 108 Å². The molecule has 2 rings (SSSR count). The van der Waals surface area contributed by atoms with Gasteiger partial charge in [0.15, 0.2) is 11.6 Å². The summed E-state index contributed by atoms with van der Waals surface area (Å²) in [5.74, 6) is -1.13. The normalized spacial score (nSPS) is 10.4. The van der Waals surface area contributed by atoms with Gasteiger partial charge in [-0.05, 0) is 30.7 Å². The number of ether oxygens (including phenoxy) is 1. The van der Waals surface area contributed by atoms with Crippen LogP contribution in [0.3, 0.4) is 0 Å². The van der Waals surface area contributed by atoms with Crippen LogP contribution in [0.5, 0.6) is 11.5 Å². The Bertz CT molecular complexity index is 602. The molecule has 2 nitrogen and oxygen atoms in total. The highest BCUT2D eigenvalue weighted by Crippen LogP contribution is 2.32. The van der Waals surface area contributed by atoms with Gasteiger partial charge >= 0.3 is 0 Å². The fraction of sp³-hybridized carbons (Fsp3) is 0.0769. The van der Waals surface area contributed by atoms with Gasteiger partial charge in [-0.2, -0.15) is 0 Å². The molecule has 2 aromatic rings. The summed E-state index contributed by atoms with van der Waals surface area (Å²) in [6, 6.07) is 6.21. The summed E-state index contributed by atoms with van der Waals surface area (Å²) in [6.45, 7) is 1.75. The quantitative estimate of drug-likeness (QED) is 0.825. The third-order valence-corrected chi connectivity index (χ3v) is 2.74. The van der Waals surface area contributed by atoms with E-state index < -0.39 is 11.6 Å². The lowest BCUT2D eigenvalue weighted by atomic mass is 10.2. The van der Waals surface area contributed by atoms with Crippen LogP contribution in [-0.4, -0.2) is 0 Å². The molecule has 0 unspecified atom stereocenters. The van der Waals surface area contributed by atoms with Crippen molar-refractivity contribution < 1.29 is 13.5 Å². The Morgan fingerprint density at radius 3 is 2.50 bits per heavy atom. The van der Waals surface area contributed by atoms with Gasteiger partial charge in [0.2, 0.25) is 0 Å². The van der Waals surface area contributed by atoms with Crippen molar-refractivity contribution in [3.05, 3.63) is 52.6 Å². The number of hydrogen-bond donors (Lipinski definition) is 1. The molecule has 0 aromatic heterocycles. The molecule has 0 radical (unpaired) electrons. The smallest absolute Gasteiger partial charge is 0.168 e. The average molecular weight is 270 g/mol. The van der Waals surface area contributed by atoms with E-state index in [1.165, 1.54) is 12.1 Å². The highest BCUT2D eigenvalue weighted by molar-refractivity contribution is 6.33. The minimum atomic E-state index is -0.776. The molecule has 0 aliphatic carbocycles. The molecule has 0 aliphatic rings. The minimum absolute atomic E-state index is 0.0691. The van der Waals surface area contributed by atoms with Crippen molar-refractivity contribution in [1.82, 2.24) is 0 Å². The van der Waals surface area contributed by atoms with Crippen molar-refractivity contribution in [3.63, 3.8) is 0 Å². The van der Waals surface area contributed by atoms with Crippen LogP contribution in [0.4, 0.5) is 14.5 Å². The molecule has 5 heteroatoms. The number of aryl methyl sites for hydroxylation is 1. The number of rotatable bonds is 2. The molecule has 2 aromatic carbocycles. The molecule has 0 bridgehead atoms. The van der Waals surface area contributed by atoms with Crippen molar-refractivity contribution >= 4 is 17.3 Å². The first-order valence-electron chi connectivity index (χ1n) is 5.16. The summed E-state index contributed by atoms with van der Waals surface area (Å²) in [7, 11) is 0. The Morgan fingerprint density at radius 2 is 1.83 bits per heavy atom. The van der Waals surface area contributed by atoms with Crippen molar-refractivity contribution in [1.29, 1.82) is 0 Å². The van der Waals surface area contributed by atoms with E-state index in [0.717, 1.165) is 12.1 Å². The first-order chi connectivity index (χ1) is 8.47. The highest BCUT2D eigenvalue weighted by Gasteiger charge is 2.10. The zero-order valence-corrected chi connectivity index (χ0v) is 10.3. The summed E-state index contributed by atoms with van der Waals surface area (Å²) < 4.78 is 31.5. The van der Waals surface area contributed by atoms with Crippen LogP contribution in [0.15, 0.2) is 30.3 Å². The van der Waals surface area contributed by atoms with E-state index in [1.54, 1.807) is 13.0 Å². The Kier molecular flexibility index (Phi) is 3.39. The average Bonchev–Trinajstić information content (AvgIpc) is 2.29. The van der Waals surface area contributed by atoms with Gasteiger partial charge in [0.1, 0.15) is 11.6 Å². The van der Waals surface area contributed by atoms with E-state index >= 15 is 0 Å². The van der Waals surface area contributed by atoms with Crippen LogP contribution in [0.25, 0.3) is 0 Å².